The number of likely N-dealkylation sites (N-methyl/N-ethyl adjacent to an activating group) is 1. The molecular weight excluding hydrogens is 314 g/mol. The van der Waals surface area contributed by atoms with Gasteiger partial charge < -0.3 is 19.1 Å². The Kier molecular flexibility index (Phi) is 6.90. The van der Waals surface area contributed by atoms with E-state index >= 15 is 0 Å². The fourth-order valence-electron chi connectivity index (χ4n) is 2.55. The number of benzene rings is 2. The van der Waals surface area contributed by atoms with Gasteiger partial charge in [-0.3, -0.25) is 0 Å². The van der Waals surface area contributed by atoms with Crippen molar-refractivity contribution in [1.29, 1.82) is 0 Å². The van der Waals surface area contributed by atoms with Gasteiger partial charge in [-0.2, -0.15) is 0 Å². The number of ether oxygens (including phenoxy) is 3. The molecule has 4 heteroatoms. The van der Waals surface area contributed by atoms with Crippen LogP contribution in [0.15, 0.2) is 36.4 Å². The quantitative estimate of drug-likeness (QED) is 0.680. The molecule has 0 aliphatic heterocycles. The molecule has 0 unspecified atom stereocenters. The van der Waals surface area contributed by atoms with Gasteiger partial charge in [0.05, 0.1) is 21.3 Å². The van der Waals surface area contributed by atoms with Crippen molar-refractivity contribution in [2.24, 2.45) is 0 Å². The third-order valence-electron chi connectivity index (χ3n) is 4.04. The van der Waals surface area contributed by atoms with E-state index in [9.17, 15) is 0 Å². The van der Waals surface area contributed by atoms with Crippen LogP contribution in [-0.2, 0) is 6.42 Å². The molecule has 0 saturated heterocycles. The predicted molar refractivity (Wildman–Crippen MR) is 104 cm³/mol. The summed E-state index contributed by atoms with van der Waals surface area (Å²) in [6.45, 7) is 0.971. The molecule has 0 spiro atoms. The number of nitrogens with zero attached hydrogens (tertiary/aromatic N) is 1. The summed E-state index contributed by atoms with van der Waals surface area (Å²) in [5.74, 6) is 2.36. The molecule has 2 rings (SSSR count). The van der Waals surface area contributed by atoms with Crippen LogP contribution in [0.1, 0.15) is 16.7 Å². The SMILES string of the molecule is COc1ccc(C=Cc2cc(OC)c(OC)cc2CCN(C)C)cc1. The van der Waals surface area contributed by atoms with Gasteiger partial charge in [-0.1, -0.05) is 24.3 Å². The van der Waals surface area contributed by atoms with Crippen LogP contribution in [0.5, 0.6) is 17.2 Å². The first-order valence-corrected chi connectivity index (χ1v) is 8.29. The number of methoxy groups -OCH3 is 3. The fraction of sp³-hybridized carbons (Fsp3) is 0.333. The summed E-state index contributed by atoms with van der Waals surface area (Å²) in [5.41, 5.74) is 3.49. The lowest BCUT2D eigenvalue weighted by molar-refractivity contribution is 0.354. The highest BCUT2D eigenvalue weighted by atomic mass is 16.5. The highest BCUT2D eigenvalue weighted by Crippen LogP contribution is 2.32. The van der Waals surface area contributed by atoms with Gasteiger partial charge in [0.1, 0.15) is 5.75 Å². The molecule has 2 aromatic carbocycles. The predicted octanol–water partition coefficient (Wildman–Crippen LogP) is 3.99. The third-order valence-corrected chi connectivity index (χ3v) is 4.04. The van der Waals surface area contributed by atoms with Gasteiger partial charge in [-0.05, 0) is 61.5 Å². The Bertz CT molecular complexity index is 706. The van der Waals surface area contributed by atoms with Crippen LogP contribution >= 0.6 is 0 Å². The molecule has 0 saturated carbocycles. The molecule has 0 radical (unpaired) electrons. The van der Waals surface area contributed by atoms with E-state index in [0.717, 1.165) is 41.3 Å². The average molecular weight is 341 g/mol. The van der Waals surface area contributed by atoms with E-state index in [0.29, 0.717) is 0 Å². The molecular formula is C21H27NO3. The van der Waals surface area contributed by atoms with Gasteiger partial charge in [0, 0.05) is 6.54 Å². The molecule has 2 aromatic rings. The summed E-state index contributed by atoms with van der Waals surface area (Å²) in [6.07, 6.45) is 5.16. The standard InChI is InChI=1S/C21H27NO3/c1-22(2)13-12-18-15-21(25-5)20(24-4)14-17(18)9-6-16-7-10-19(23-3)11-8-16/h6-11,14-15H,12-13H2,1-5H3. The molecule has 0 amide bonds. The Balaban J connectivity index is 2.33. The van der Waals surface area contributed by atoms with Crippen molar-refractivity contribution in [3.8, 4) is 17.2 Å². The van der Waals surface area contributed by atoms with Crippen LogP contribution < -0.4 is 14.2 Å². The molecule has 4 nitrogen and oxygen atoms in total. The van der Waals surface area contributed by atoms with Crippen LogP contribution in [0, 0.1) is 0 Å². The Hall–Kier alpha value is -2.46. The van der Waals surface area contributed by atoms with Gasteiger partial charge in [0.2, 0.25) is 0 Å². The van der Waals surface area contributed by atoms with Crippen molar-refractivity contribution in [1.82, 2.24) is 4.90 Å². The zero-order chi connectivity index (χ0) is 18.2. The van der Waals surface area contributed by atoms with Crippen LogP contribution in [0.4, 0.5) is 0 Å². The van der Waals surface area contributed by atoms with Crippen LogP contribution in [0.25, 0.3) is 12.2 Å². The first-order chi connectivity index (χ1) is 12.1. The smallest absolute Gasteiger partial charge is 0.161 e. The third kappa shape index (κ3) is 5.26. The first-order valence-electron chi connectivity index (χ1n) is 8.29. The van der Waals surface area contributed by atoms with Gasteiger partial charge in [-0.25, -0.2) is 0 Å². The molecule has 0 heterocycles. The van der Waals surface area contributed by atoms with E-state index < -0.39 is 0 Å². The lowest BCUT2D eigenvalue weighted by atomic mass is 10.0. The summed E-state index contributed by atoms with van der Waals surface area (Å²) in [4.78, 5) is 2.17. The van der Waals surface area contributed by atoms with Crippen molar-refractivity contribution < 1.29 is 14.2 Å². The Labute approximate surface area is 150 Å². The summed E-state index contributed by atoms with van der Waals surface area (Å²) in [5, 5.41) is 0. The van der Waals surface area contributed by atoms with Gasteiger partial charge in [0.15, 0.2) is 11.5 Å². The molecule has 0 aromatic heterocycles. The van der Waals surface area contributed by atoms with Crippen molar-refractivity contribution in [3.05, 3.63) is 53.1 Å². The maximum Gasteiger partial charge on any atom is 0.161 e. The molecule has 134 valence electrons. The monoisotopic (exact) mass is 341 g/mol. The summed E-state index contributed by atoms with van der Waals surface area (Å²) >= 11 is 0. The first kappa shape index (κ1) is 18.9. The topological polar surface area (TPSA) is 30.9 Å². The van der Waals surface area contributed by atoms with E-state index in [4.69, 9.17) is 14.2 Å². The Morgan fingerprint density at radius 3 is 2.04 bits per heavy atom. The lowest BCUT2D eigenvalue weighted by Crippen LogP contribution is -2.15. The summed E-state index contributed by atoms with van der Waals surface area (Å²) < 4.78 is 16.1. The van der Waals surface area contributed by atoms with Gasteiger partial charge >= 0.3 is 0 Å². The van der Waals surface area contributed by atoms with E-state index in [1.165, 1.54) is 5.56 Å². The normalized spacial score (nSPS) is 11.1. The molecule has 0 atom stereocenters. The van der Waals surface area contributed by atoms with Crippen molar-refractivity contribution in [2.45, 2.75) is 6.42 Å². The molecule has 25 heavy (non-hydrogen) atoms. The number of rotatable bonds is 8. The van der Waals surface area contributed by atoms with Crippen LogP contribution in [0.3, 0.4) is 0 Å². The van der Waals surface area contributed by atoms with Crippen molar-refractivity contribution >= 4 is 12.2 Å². The zero-order valence-electron chi connectivity index (χ0n) is 15.7. The average Bonchev–Trinajstić information content (AvgIpc) is 2.64. The summed E-state index contributed by atoms with van der Waals surface area (Å²) in [6, 6.07) is 12.1. The highest BCUT2D eigenvalue weighted by molar-refractivity contribution is 5.73. The second-order valence-electron chi connectivity index (χ2n) is 6.07. The molecule has 0 fully saturated rings. The second kappa shape index (κ2) is 9.14. The maximum atomic E-state index is 5.45. The lowest BCUT2D eigenvalue weighted by Gasteiger charge is -2.15. The van der Waals surface area contributed by atoms with Gasteiger partial charge in [0.25, 0.3) is 0 Å². The number of hydrogen-bond donors (Lipinski definition) is 0. The molecule has 0 aliphatic rings. The van der Waals surface area contributed by atoms with E-state index in [1.54, 1.807) is 21.3 Å². The maximum absolute atomic E-state index is 5.45. The molecule has 0 N–H and O–H groups in total. The minimum atomic E-state index is 0.741. The largest absolute Gasteiger partial charge is 0.497 e. The van der Waals surface area contributed by atoms with E-state index in [2.05, 4.69) is 37.2 Å². The molecule has 0 bridgehead atoms. The van der Waals surface area contributed by atoms with Crippen molar-refractivity contribution in [2.75, 3.05) is 42.0 Å². The second-order valence-corrected chi connectivity index (χ2v) is 6.07. The minimum absolute atomic E-state index is 0.741. The Morgan fingerprint density at radius 1 is 0.840 bits per heavy atom. The molecule has 0 aliphatic carbocycles. The van der Waals surface area contributed by atoms with E-state index in [-0.39, 0.29) is 0 Å². The van der Waals surface area contributed by atoms with Crippen LogP contribution in [-0.4, -0.2) is 46.9 Å². The van der Waals surface area contributed by atoms with Crippen molar-refractivity contribution in [3.63, 3.8) is 0 Å². The van der Waals surface area contributed by atoms with Gasteiger partial charge in [-0.15, -0.1) is 0 Å². The summed E-state index contributed by atoms with van der Waals surface area (Å²) in [7, 11) is 9.15. The highest BCUT2D eigenvalue weighted by Gasteiger charge is 2.10. The fourth-order valence-corrected chi connectivity index (χ4v) is 2.55. The Morgan fingerprint density at radius 2 is 1.48 bits per heavy atom. The number of hydrogen-bond acceptors (Lipinski definition) is 4. The zero-order valence-corrected chi connectivity index (χ0v) is 15.7. The van der Waals surface area contributed by atoms with E-state index in [1.807, 2.05) is 30.3 Å². The minimum Gasteiger partial charge on any atom is -0.497 e. The van der Waals surface area contributed by atoms with Crippen LogP contribution in [0.2, 0.25) is 0 Å².